The molecule has 0 aliphatic carbocycles. The lowest BCUT2D eigenvalue weighted by Gasteiger charge is -2.14. The van der Waals surface area contributed by atoms with E-state index in [0.29, 0.717) is 25.8 Å². The zero-order valence-electron chi connectivity index (χ0n) is 12.7. The smallest absolute Gasteiger partial charge is 0.0784 e. The molecule has 124 valence electrons. The van der Waals surface area contributed by atoms with Crippen molar-refractivity contribution in [2.45, 2.75) is 6.42 Å². The predicted octanol–water partition coefficient (Wildman–Crippen LogP) is 7.10. The molecule has 0 aliphatic heterocycles. The van der Waals surface area contributed by atoms with Crippen molar-refractivity contribution < 1.29 is 0 Å². The molecule has 0 bridgehead atoms. The van der Waals surface area contributed by atoms with Gasteiger partial charge in [0.05, 0.1) is 18.2 Å². The van der Waals surface area contributed by atoms with Gasteiger partial charge in [0, 0.05) is 37.4 Å². The standard InChI is InChI=1S/C19H10Cl4N2/c20-14-5-12(6-15(21)9-14)18-11(1-3-24)2-4-25-19(18)13-7-16(22)10-17(23)8-13/h2,4-10H,1H2. The molecule has 0 atom stereocenters. The van der Waals surface area contributed by atoms with E-state index in [1.807, 2.05) is 6.07 Å². The minimum Gasteiger partial charge on any atom is -0.256 e. The molecule has 0 unspecified atom stereocenters. The lowest BCUT2D eigenvalue weighted by Crippen LogP contribution is -1.96. The number of halogens is 4. The molecule has 6 heteroatoms. The predicted molar refractivity (Wildman–Crippen MR) is 104 cm³/mol. The van der Waals surface area contributed by atoms with E-state index in [1.165, 1.54) is 0 Å². The first-order valence-corrected chi connectivity index (χ1v) is 8.77. The van der Waals surface area contributed by atoms with Gasteiger partial charge in [-0.05, 0) is 53.6 Å². The van der Waals surface area contributed by atoms with E-state index in [0.717, 1.165) is 22.3 Å². The first-order valence-electron chi connectivity index (χ1n) is 7.25. The summed E-state index contributed by atoms with van der Waals surface area (Å²) in [5.41, 5.74) is 3.80. The van der Waals surface area contributed by atoms with Crippen molar-refractivity contribution in [2.24, 2.45) is 0 Å². The first-order chi connectivity index (χ1) is 12.0. The quantitative estimate of drug-likeness (QED) is 0.464. The SMILES string of the molecule is N#CCc1ccnc(-c2cc(Cl)cc(Cl)c2)c1-c1cc(Cl)cc(Cl)c1. The zero-order chi connectivity index (χ0) is 18.0. The lowest BCUT2D eigenvalue weighted by atomic mass is 9.93. The Morgan fingerprint density at radius 3 is 1.84 bits per heavy atom. The Morgan fingerprint density at radius 2 is 1.32 bits per heavy atom. The van der Waals surface area contributed by atoms with Gasteiger partial charge >= 0.3 is 0 Å². The van der Waals surface area contributed by atoms with E-state index in [9.17, 15) is 5.26 Å². The van der Waals surface area contributed by atoms with Gasteiger partial charge in [0.2, 0.25) is 0 Å². The Kier molecular flexibility index (Phi) is 5.51. The summed E-state index contributed by atoms with van der Waals surface area (Å²) in [5.74, 6) is 0. The molecule has 0 aliphatic rings. The fourth-order valence-corrected chi connectivity index (χ4v) is 3.72. The Bertz CT molecular complexity index is 953. The number of benzene rings is 2. The van der Waals surface area contributed by atoms with Crippen LogP contribution in [0.1, 0.15) is 5.56 Å². The maximum absolute atomic E-state index is 9.19. The molecule has 1 aromatic heterocycles. The lowest BCUT2D eigenvalue weighted by molar-refractivity contribution is 1.22. The third-order valence-electron chi connectivity index (χ3n) is 3.59. The second-order valence-corrected chi connectivity index (χ2v) is 7.09. The second kappa shape index (κ2) is 7.64. The Balaban J connectivity index is 2.33. The summed E-state index contributed by atoms with van der Waals surface area (Å²) < 4.78 is 0. The van der Waals surface area contributed by atoms with Crippen LogP contribution in [0.5, 0.6) is 0 Å². The van der Waals surface area contributed by atoms with Crippen LogP contribution in [0.2, 0.25) is 20.1 Å². The van der Waals surface area contributed by atoms with Gasteiger partial charge < -0.3 is 0 Å². The molecule has 0 radical (unpaired) electrons. The summed E-state index contributed by atoms with van der Waals surface area (Å²) in [5, 5.41) is 11.2. The average molecular weight is 408 g/mol. The number of pyridine rings is 1. The van der Waals surface area contributed by atoms with Crippen LogP contribution in [0.4, 0.5) is 0 Å². The third-order valence-corrected chi connectivity index (χ3v) is 4.47. The largest absolute Gasteiger partial charge is 0.256 e. The molecule has 0 spiro atoms. The van der Waals surface area contributed by atoms with Crippen molar-refractivity contribution in [2.75, 3.05) is 0 Å². The van der Waals surface area contributed by atoms with E-state index in [4.69, 9.17) is 46.4 Å². The Hall–Kier alpha value is -1.76. The van der Waals surface area contributed by atoms with Gasteiger partial charge in [-0.3, -0.25) is 4.98 Å². The van der Waals surface area contributed by atoms with Gasteiger partial charge in [-0.15, -0.1) is 0 Å². The van der Waals surface area contributed by atoms with E-state index in [2.05, 4.69) is 11.1 Å². The van der Waals surface area contributed by atoms with Crippen molar-refractivity contribution in [1.82, 2.24) is 4.98 Å². The number of rotatable bonds is 3. The summed E-state index contributed by atoms with van der Waals surface area (Å²) in [7, 11) is 0. The maximum Gasteiger partial charge on any atom is 0.0784 e. The van der Waals surface area contributed by atoms with Crippen molar-refractivity contribution in [3.8, 4) is 28.5 Å². The van der Waals surface area contributed by atoms with Crippen LogP contribution in [0.3, 0.4) is 0 Å². The van der Waals surface area contributed by atoms with Crippen molar-refractivity contribution in [1.29, 1.82) is 5.26 Å². The van der Waals surface area contributed by atoms with Gasteiger partial charge in [0.1, 0.15) is 0 Å². The zero-order valence-corrected chi connectivity index (χ0v) is 15.8. The molecule has 0 saturated heterocycles. The average Bonchev–Trinajstić information content (AvgIpc) is 2.53. The van der Waals surface area contributed by atoms with E-state index < -0.39 is 0 Å². The van der Waals surface area contributed by atoms with Crippen LogP contribution in [-0.4, -0.2) is 4.98 Å². The first kappa shape index (κ1) is 18.0. The summed E-state index contributed by atoms with van der Waals surface area (Å²) in [6, 6.07) is 14.4. The van der Waals surface area contributed by atoms with E-state index >= 15 is 0 Å². The molecule has 3 aromatic rings. The minimum atomic E-state index is 0.225. The Morgan fingerprint density at radius 1 is 0.800 bits per heavy atom. The van der Waals surface area contributed by atoms with Crippen LogP contribution < -0.4 is 0 Å². The monoisotopic (exact) mass is 406 g/mol. The number of nitrogens with zero attached hydrogens (tertiary/aromatic N) is 2. The maximum atomic E-state index is 9.19. The van der Waals surface area contributed by atoms with Gasteiger partial charge in [0.15, 0.2) is 0 Å². The van der Waals surface area contributed by atoms with Gasteiger partial charge in [-0.25, -0.2) is 0 Å². The number of hydrogen-bond donors (Lipinski definition) is 0. The van der Waals surface area contributed by atoms with Gasteiger partial charge in [-0.2, -0.15) is 5.26 Å². The van der Waals surface area contributed by atoms with E-state index in [1.54, 1.807) is 42.6 Å². The fourth-order valence-electron chi connectivity index (χ4n) is 2.66. The van der Waals surface area contributed by atoms with Crippen LogP contribution >= 0.6 is 46.4 Å². The van der Waals surface area contributed by atoms with E-state index in [-0.39, 0.29) is 6.42 Å². The molecule has 25 heavy (non-hydrogen) atoms. The highest BCUT2D eigenvalue weighted by Crippen LogP contribution is 2.38. The Labute approximate surface area is 165 Å². The fraction of sp³-hybridized carbons (Fsp3) is 0.0526. The number of aromatic nitrogens is 1. The van der Waals surface area contributed by atoms with Crippen LogP contribution in [0.15, 0.2) is 48.7 Å². The molecule has 0 fully saturated rings. The summed E-state index contributed by atoms with van der Waals surface area (Å²) in [6.07, 6.45) is 1.88. The molecule has 2 aromatic carbocycles. The molecule has 0 saturated carbocycles. The summed E-state index contributed by atoms with van der Waals surface area (Å²) in [6.45, 7) is 0. The van der Waals surface area contributed by atoms with Gasteiger partial charge in [-0.1, -0.05) is 46.4 Å². The number of hydrogen-bond acceptors (Lipinski definition) is 2. The molecule has 3 rings (SSSR count). The number of nitriles is 1. The summed E-state index contributed by atoms with van der Waals surface area (Å²) >= 11 is 24.6. The van der Waals surface area contributed by atoms with Crippen LogP contribution in [0, 0.1) is 11.3 Å². The summed E-state index contributed by atoms with van der Waals surface area (Å²) in [4.78, 5) is 4.50. The third kappa shape index (κ3) is 4.08. The van der Waals surface area contributed by atoms with Crippen LogP contribution in [0.25, 0.3) is 22.4 Å². The molecule has 1 heterocycles. The van der Waals surface area contributed by atoms with Crippen molar-refractivity contribution in [3.05, 3.63) is 74.3 Å². The molecule has 0 N–H and O–H groups in total. The molecule has 0 amide bonds. The van der Waals surface area contributed by atoms with Gasteiger partial charge in [0.25, 0.3) is 0 Å². The highest BCUT2D eigenvalue weighted by atomic mass is 35.5. The molecular formula is C19H10Cl4N2. The molecular weight excluding hydrogens is 398 g/mol. The normalized spacial score (nSPS) is 10.5. The highest BCUT2D eigenvalue weighted by molar-refractivity contribution is 6.35. The van der Waals surface area contributed by atoms with Crippen molar-refractivity contribution >= 4 is 46.4 Å². The highest BCUT2D eigenvalue weighted by Gasteiger charge is 2.16. The van der Waals surface area contributed by atoms with Crippen molar-refractivity contribution in [3.63, 3.8) is 0 Å². The second-order valence-electron chi connectivity index (χ2n) is 5.34. The minimum absolute atomic E-state index is 0.225. The topological polar surface area (TPSA) is 36.7 Å². The van der Waals surface area contributed by atoms with Crippen LogP contribution in [-0.2, 0) is 6.42 Å². The molecule has 2 nitrogen and oxygen atoms in total.